The molecule has 142 valence electrons. The van der Waals surface area contributed by atoms with Crippen LogP contribution >= 0.6 is 12.4 Å². The van der Waals surface area contributed by atoms with Crippen LogP contribution in [-0.2, 0) is 10.0 Å². The van der Waals surface area contributed by atoms with Crippen LogP contribution in [-0.4, -0.2) is 44.5 Å². The summed E-state index contributed by atoms with van der Waals surface area (Å²) in [4.78, 5) is 0.379. The second kappa shape index (κ2) is 7.72. The third-order valence-corrected chi connectivity index (χ3v) is 7.17. The minimum Gasteiger partial charge on any atom is -0.493 e. The molecule has 0 aliphatic carbocycles. The molecule has 4 rings (SSSR count). The Balaban J connectivity index is 0.00000196. The predicted molar refractivity (Wildman–Crippen MR) is 106 cm³/mol. The molecule has 1 N–H and O–H groups in total. The van der Waals surface area contributed by atoms with E-state index in [0.29, 0.717) is 30.6 Å². The normalized spacial score (nSPS) is 23.4. The highest BCUT2D eigenvalue weighted by atomic mass is 35.5. The fraction of sp³-hybridized carbons (Fsp3) is 0.474. The van der Waals surface area contributed by atoms with Gasteiger partial charge in [-0.15, -0.1) is 12.4 Å². The quantitative estimate of drug-likeness (QED) is 0.862. The second-order valence-electron chi connectivity index (χ2n) is 6.83. The van der Waals surface area contributed by atoms with Gasteiger partial charge in [0.15, 0.2) is 0 Å². The molecule has 26 heavy (non-hydrogen) atoms. The van der Waals surface area contributed by atoms with Crippen molar-refractivity contribution in [1.82, 2.24) is 9.62 Å². The minimum atomic E-state index is -3.53. The maximum absolute atomic E-state index is 13.4. The Labute approximate surface area is 161 Å². The summed E-state index contributed by atoms with van der Waals surface area (Å²) < 4.78 is 34.0. The summed E-state index contributed by atoms with van der Waals surface area (Å²) in [6.07, 6.45) is 3.09. The summed E-state index contributed by atoms with van der Waals surface area (Å²) in [5, 5.41) is 5.12. The molecule has 0 radical (unpaired) electrons. The number of hydrogen-bond donors (Lipinski definition) is 1. The molecular weight excluding hydrogens is 372 g/mol. The molecule has 2 aliphatic heterocycles. The lowest BCUT2D eigenvalue weighted by Gasteiger charge is -2.24. The summed E-state index contributed by atoms with van der Waals surface area (Å²) in [6.45, 7) is 3.62. The van der Waals surface area contributed by atoms with E-state index in [9.17, 15) is 8.42 Å². The first-order chi connectivity index (χ1) is 12.1. The topological polar surface area (TPSA) is 58.6 Å². The average Bonchev–Trinajstić information content (AvgIpc) is 2.93. The fourth-order valence-corrected chi connectivity index (χ4v) is 5.71. The summed E-state index contributed by atoms with van der Waals surface area (Å²) >= 11 is 0. The molecule has 5 nitrogen and oxygen atoms in total. The molecule has 2 aromatic rings. The van der Waals surface area contributed by atoms with Gasteiger partial charge >= 0.3 is 0 Å². The molecular formula is C19H25ClN2O3S. The number of nitrogens with zero attached hydrogens (tertiary/aromatic N) is 1. The fourth-order valence-electron chi connectivity index (χ4n) is 4.02. The van der Waals surface area contributed by atoms with E-state index < -0.39 is 10.0 Å². The lowest BCUT2D eigenvalue weighted by atomic mass is 10.1. The van der Waals surface area contributed by atoms with Gasteiger partial charge in [0.1, 0.15) is 5.75 Å². The molecule has 0 aromatic heterocycles. The number of rotatable bonds is 4. The van der Waals surface area contributed by atoms with Gasteiger partial charge < -0.3 is 10.1 Å². The Hall–Kier alpha value is -1.34. The van der Waals surface area contributed by atoms with Crippen LogP contribution in [0.15, 0.2) is 41.3 Å². The van der Waals surface area contributed by atoms with Crippen molar-refractivity contribution in [3.05, 3.63) is 36.4 Å². The maximum Gasteiger partial charge on any atom is 0.243 e. The Morgan fingerprint density at radius 1 is 1.08 bits per heavy atom. The highest BCUT2D eigenvalue weighted by Gasteiger charge is 2.35. The van der Waals surface area contributed by atoms with Gasteiger partial charge in [-0.1, -0.05) is 24.3 Å². The molecule has 0 spiro atoms. The highest BCUT2D eigenvalue weighted by Crippen LogP contribution is 2.33. The van der Waals surface area contributed by atoms with Crippen molar-refractivity contribution < 1.29 is 13.2 Å². The van der Waals surface area contributed by atoms with E-state index in [2.05, 4.69) is 5.32 Å². The summed E-state index contributed by atoms with van der Waals surface area (Å²) in [5.41, 5.74) is 0. The Morgan fingerprint density at radius 3 is 2.58 bits per heavy atom. The van der Waals surface area contributed by atoms with Crippen molar-refractivity contribution in [2.24, 2.45) is 0 Å². The number of halogens is 1. The lowest BCUT2D eigenvalue weighted by molar-refractivity contribution is 0.344. The average molecular weight is 397 g/mol. The van der Waals surface area contributed by atoms with E-state index in [4.69, 9.17) is 4.74 Å². The smallest absolute Gasteiger partial charge is 0.243 e. The summed E-state index contributed by atoms with van der Waals surface area (Å²) in [7, 11) is -3.53. The van der Waals surface area contributed by atoms with Crippen LogP contribution in [0.3, 0.4) is 0 Å². The zero-order valence-corrected chi connectivity index (χ0v) is 16.5. The largest absolute Gasteiger partial charge is 0.493 e. The Kier molecular flexibility index (Phi) is 5.77. The molecule has 2 fully saturated rings. The molecule has 2 heterocycles. The lowest BCUT2D eigenvalue weighted by Crippen LogP contribution is -2.39. The Morgan fingerprint density at radius 2 is 1.81 bits per heavy atom. The van der Waals surface area contributed by atoms with Crippen molar-refractivity contribution in [3.8, 4) is 5.75 Å². The van der Waals surface area contributed by atoms with E-state index in [1.54, 1.807) is 16.4 Å². The summed E-state index contributed by atoms with van der Waals surface area (Å²) in [5.74, 6) is 0.730. The van der Waals surface area contributed by atoms with Gasteiger partial charge in [0.25, 0.3) is 0 Å². The van der Waals surface area contributed by atoms with Crippen LogP contribution < -0.4 is 10.1 Å². The first kappa shape index (κ1) is 19.4. The molecule has 2 aliphatic rings. The molecule has 2 aromatic carbocycles. The molecule has 2 atom stereocenters. The van der Waals surface area contributed by atoms with Crippen molar-refractivity contribution in [2.45, 2.75) is 43.2 Å². The van der Waals surface area contributed by atoms with E-state index >= 15 is 0 Å². The maximum atomic E-state index is 13.4. The molecule has 0 saturated carbocycles. The highest BCUT2D eigenvalue weighted by molar-refractivity contribution is 7.89. The third kappa shape index (κ3) is 3.43. The van der Waals surface area contributed by atoms with E-state index in [0.717, 1.165) is 35.8 Å². The monoisotopic (exact) mass is 396 g/mol. The number of hydrogen-bond acceptors (Lipinski definition) is 4. The van der Waals surface area contributed by atoms with E-state index in [1.807, 2.05) is 31.2 Å². The van der Waals surface area contributed by atoms with Gasteiger partial charge in [-0.25, -0.2) is 8.42 Å². The molecule has 2 unspecified atom stereocenters. The number of fused-ring (bicyclic) bond motifs is 3. The van der Waals surface area contributed by atoms with Gasteiger partial charge in [0, 0.05) is 35.9 Å². The molecule has 7 heteroatoms. The van der Waals surface area contributed by atoms with Crippen LogP contribution in [0.2, 0.25) is 0 Å². The van der Waals surface area contributed by atoms with Gasteiger partial charge in [-0.2, -0.15) is 4.31 Å². The van der Waals surface area contributed by atoms with Gasteiger partial charge in [-0.05, 0) is 38.3 Å². The number of benzene rings is 2. The van der Waals surface area contributed by atoms with Crippen molar-refractivity contribution in [3.63, 3.8) is 0 Å². The van der Waals surface area contributed by atoms with Crippen LogP contribution in [0.4, 0.5) is 0 Å². The zero-order valence-electron chi connectivity index (χ0n) is 14.8. The number of sulfonamides is 1. The van der Waals surface area contributed by atoms with E-state index in [-0.39, 0.29) is 18.4 Å². The minimum absolute atomic E-state index is 0. The van der Waals surface area contributed by atoms with Crippen LogP contribution in [0.5, 0.6) is 5.75 Å². The third-order valence-electron chi connectivity index (χ3n) is 5.25. The van der Waals surface area contributed by atoms with E-state index in [1.165, 1.54) is 0 Å². The first-order valence-corrected chi connectivity index (χ1v) is 10.4. The van der Waals surface area contributed by atoms with Gasteiger partial charge in [0.05, 0.1) is 11.5 Å². The van der Waals surface area contributed by atoms with Gasteiger partial charge in [-0.3, -0.25) is 0 Å². The number of nitrogens with one attached hydrogen (secondary N) is 1. The van der Waals surface area contributed by atoms with Crippen molar-refractivity contribution in [2.75, 3.05) is 19.7 Å². The first-order valence-electron chi connectivity index (χ1n) is 9.00. The van der Waals surface area contributed by atoms with Crippen LogP contribution in [0, 0.1) is 0 Å². The zero-order chi connectivity index (χ0) is 17.4. The van der Waals surface area contributed by atoms with Crippen LogP contribution in [0.25, 0.3) is 10.8 Å². The predicted octanol–water partition coefficient (Wildman–Crippen LogP) is 3.18. The molecule has 0 amide bonds. The standard InChI is InChI=1S/C19H24N2O3S.ClH/c1-2-24-18-9-10-19(17-6-4-3-5-16(17)18)25(22,23)21-12-11-14-7-8-15(13-21)20-14;/h3-6,9-10,14-15,20H,2,7-8,11-13H2,1H3;1H. The molecule has 2 bridgehead atoms. The second-order valence-corrected chi connectivity index (χ2v) is 8.74. The van der Waals surface area contributed by atoms with Crippen molar-refractivity contribution >= 4 is 33.2 Å². The van der Waals surface area contributed by atoms with Gasteiger partial charge in [0.2, 0.25) is 10.0 Å². The SMILES string of the molecule is CCOc1ccc(S(=O)(=O)N2CCC3CCC(C2)N3)c2ccccc12.Cl. The molecule has 2 saturated heterocycles. The Bertz CT molecular complexity index is 887. The number of ether oxygens (including phenoxy) is 1. The van der Waals surface area contributed by atoms with Crippen molar-refractivity contribution in [1.29, 1.82) is 0 Å². The summed E-state index contributed by atoms with van der Waals surface area (Å²) in [6, 6.07) is 11.8. The van der Waals surface area contributed by atoms with Crippen LogP contribution in [0.1, 0.15) is 26.2 Å².